The molecule has 3 aromatic rings. The highest BCUT2D eigenvalue weighted by Gasteiger charge is 2.10. The summed E-state index contributed by atoms with van der Waals surface area (Å²) >= 11 is 1.28. The molecule has 0 atom stereocenters. The summed E-state index contributed by atoms with van der Waals surface area (Å²) in [5.74, 6) is 0.743. The van der Waals surface area contributed by atoms with Gasteiger partial charge < -0.3 is 9.84 Å². The van der Waals surface area contributed by atoms with Crippen LogP contribution in [0.4, 0.5) is 9.93 Å². The van der Waals surface area contributed by atoms with Gasteiger partial charge in [0.25, 0.3) is 0 Å². The standard InChI is InChI=1S/C16H13N3O3S/c20-16(21)19-15-18-9-14(23-15)13-4-2-1-3-11(13)10-22-12-5-7-17-8-6-12/h1-9H,10H2,(H,18,19)(H,20,21). The molecule has 0 aliphatic heterocycles. The number of benzene rings is 1. The van der Waals surface area contributed by atoms with Gasteiger partial charge in [0, 0.05) is 18.6 Å². The minimum Gasteiger partial charge on any atom is -0.489 e. The summed E-state index contributed by atoms with van der Waals surface area (Å²) in [6.45, 7) is 0.403. The van der Waals surface area contributed by atoms with Gasteiger partial charge in [-0.1, -0.05) is 35.6 Å². The molecule has 2 N–H and O–H groups in total. The molecular formula is C16H13N3O3S. The van der Waals surface area contributed by atoms with Gasteiger partial charge in [-0.3, -0.25) is 10.3 Å². The Kier molecular flexibility index (Phi) is 4.49. The number of carbonyl (C=O) groups is 1. The summed E-state index contributed by atoms with van der Waals surface area (Å²) in [6, 6.07) is 11.4. The van der Waals surface area contributed by atoms with Crippen molar-refractivity contribution in [2.24, 2.45) is 0 Å². The molecule has 0 saturated heterocycles. The van der Waals surface area contributed by atoms with Crippen LogP contribution >= 0.6 is 11.3 Å². The summed E-state index contributed by atoms with van der Waals surface area (Å²) in [7, 11) is 0. The Morgan fingerprint density at radius 3 is 2.78 bits per heavy atom. The molecule has 116 valence electrons. The number of nitrogens with zero attached hydrogens (tertiary/aromatic N) is 2. The molecule has 2 aromatic heterocycles. The van der Waals surface area contributed by atoms with E-state index in [1.54, 1.807) is 30.7 Å². The van der Waals surface area contributed by atoms with E-state index in [0.29, 0.717) is 11.7 Å². The summed E-state index contributed by atoms with van der Waals surface area (Å²) in [4.78, 5) is 19.6. The van der Waals surface area contributed by atoms with Gasteiger partial charge in [-0.05, 0) is 23.3 Å². The predicted octanol–water partition coefficient (Wildman–Crippen LogP) is 3.87. The summed E-state index contributed by atoms with van der Waals surface area (Å²) in [6.07, 6.45) is 3.88. The summed E-state index contributed by atoms with van der Waals surface area (Å²) in [5, 5.41) is 11.3. The maximum atomic E-state index is 10.7. The Balaban J connectivity index is 1.80. The zero-order chi connectivity index (χ0) is 16.1. The zero-order valence-electron chi connectivity index (χ0n) is 12.0. The molecule has 2 heterocycles. The first-order chi connectivity index (χ1) is 11.2. The molecule has 0 spiro atoms. The molecule has 1 aromatic carbocycles. The lowest BCUT2D eigenvalue weighted by Crippen LogP contribution is -2.06. The second kappa shape index (κ2) is 6.89. The van der Waals surface area contributed by atoms with Crippen molar-refractivity contribution in [3.05, 3.63) is 60.6 Å². The number of amides is 1. The van der Waals surface area contributed by atoms with Crippen LogP contribution in [0.15, 0.2) is 55.0 Å². The van der Waals surface area contributed by atoms with Crippen LogP contribution in [0, 0.1) is 0 Å². The average molecular weight is 327 g/mol. The number of hydrogen-bond acceptors (Lipinski definition) is 5. The van der Waals surface area contributed by atoms with Crippen LogP contribution in [0.1, 0.15) is 5.56 Å². The fourth-order valence-corrected chi connectivity index (χ4v) is 2.90. The third-order valence-electron chi connectivity index (χ3n) is 3.05. The maximum Gasteiger partial charge on any atom is 0.410 e. The van der Waals surface area contributed by atoms with E-state index < -0.39 is 6.09 Å². The topological polar surface area (TPSA) is 84.3 Å². The second-order valence-corrected chi connectivity index (χ2v) is 5.62. The fraction of sp³-hybridized carbons (Fsp3) is 0.0625. The number of pyridine rings is 1. The summed E-state index contributed by atoms with van der Waals surface area (Å²) < 4.78 is 5.76. The van der Waals surface area contributed by atoms with Crippen LogP contribution in [0.3, 0.4) is 0 Å². The lowest BCUT2D eigenvalue weighted by molar-refractivity contribution is 0.209. The Bertz CT molecular complexity index is 805. The van der Waals surface area contributed by atoms with Crippen molar-refractivity contribution in [2.45, 2.75) is 6.61 Å². The van der Waals surface area contributed by atoms with Crippen LogP contribution < -0.4 is 10.1 Å². The van der Waals surface area contributed by atoms with E-state index in [4.69, 9.17) is 9.84 Å². The van der Waals surface area contributed by atoms with Gasteiger partial charge in [0.2, 0.25) is 0 Å². The average Bonchev–Trinajstić information content (AvgIpc) is 3.02. The van der Waals surface area contributed by atoms with Crippen molar-refractivity contribution in [1.29, 1.82) is 0 Å². The van der Waals surface area contributed by atoms with Crippen molar-refractivity contribution >= 4 is 22.6 Å². The molecule has 0 bridgehead atoms. The van der Waals surface area contributed by atoms with E-state index in [9.17, 15) is 4.79 Å². The van der Waals surface area contributed by atoms with Gasteiger partial charge in [-0.2, -0.15) is 0 Å². The highest BCUT2D eigenvalue weighted by atomic mass is 32.1. The predicted molar refractivity (Wildman–Crippen MR) is 87.8 cm³/mol. The molecule has 3 rings (SSSR count). The molecular weight excluding hydrogens is 314 g/mol. The van der Waals surface area contributed by atoms with Gasteiger partial charge in [0.15, 0.2) is 5.13 Å². The number of anilines is 1. The fourth-order valence-electron chi connectivity index (χ4n) is 2.03. The Labute approximate surface area is 136 Å². The van der Waals surface area contributed by atoms with Crippen molar-refractivity contribution < 1.29 is 14.6 Å². The molecule has 0 radical (unpaired) electrons. The SMILES string of the molecule is O=C(O)Nc1ncc(-c2ccccc2COc2ccncc2)s1. The lowest BCUT2D eigenvalue weighted by Gasteiger charge is -2.09. The molecule has 0 saturated carbocycles. The Hall–Kier alpha value is -2.93. The van der Waals surface area contributed by atoms with Crippen LogP contribution in [0.2, 0.25) is 0 Å². The summed E-state index contributed by atoms with van der Waals surface area (Å²) in [5.41, 5.74) is 1.97. The number of aromatic nitrogens is 2. The van der Waals surface area contributed by atoms with Crippen LogP contribution in [0.5, 0.6) is 5.75 Å². The van der Waals surface area contributed by atoms with Crippen LogP contribution in [0.25, 0.3) is 10.4 Å². The second-order valence-electron chi connectivity index (χ2n) is 4.59. The first kappa shape index (κ1) is 15.0. The van der Waals surface area contributed by atoms with Crippen molar-refractivity contribution in [3.63, 3.8) is 0 Å². The zero-order valence-corrected chi connectivity index (χ0v) is 12.8. The minimum atomic E-state index is -1.12. The molecule has 23 heavy (non-hydrogen) atoms. The lowest BCUT2D eigenvalue weighted by atomic mass is 10.1. The van der Waals surface area contributed by atoms with Gasteiger partial charge in [-0.25, -0.2) is 9.78 Å². The number of ether oxygens (including phenoxy) is 1. The van der Waals surface area contributed by atoms with Gasteiger partial charge in [0.05, 0.1) is 4.88 Å². The van der Waals surface area contributed by atoms with Gasteiger partial charge in [-0.15, -0.1) is 0 Å². The molecule has 0 aliphatic carbocycles. The quantitative estimate of drug-likeness (QED) is 0.743. The monoisotopic (exact) mass is 327 g/mol. The van der Waals surface area contributed by atoms with Crippen molar-refractivity contribution in [2.75, 3.05) is 5.32 Å². The number of rotatable bonds is 5. The first-order valence-electron chi connectivity index (χ1n) is 6.79. The molecule has 6 nitrogen and oxygen atoms in total. The van der Waals surface area contributed by atoms with Gasteiger partial charge in [0.1, 0.15) is 12.4 Å². The van der Waals surface area contributed by atoms with E-state index in [2.05, 4.69) is 15.3 Å². The van der Waals surface area contributed by atoms with E-state index in [-0.39, 0.29) is 0 Å². The normalized spacial score (nSPS) is 10.3. The van der Waals surface area contributed by atoms with E-state index in [1.807, 2.05) is 24.3 Å². The third-order valence-corrected chi connectivity index (χ3v) is 3.99. The number of carboxylic acid groups (broad SMARTS) is 1. The van der Waals surface area contributed by atoms with E-state index in [1.165, 1.54) is 11.3 Å². The largest absolute Gasteiger partial charge is 0.489 e. The third kappa shape index (κ3) is 3.83. The van der Waals surface area contributed by atoms with Crippen molar-refractivity contribution in [1.82, 2.24) is 9.97 Å². The molecule has 0 unspecified atom stereocenters. The van der Waals surface area contributed by atoms with Crippen LogP contribution in [-0.2, 0) is 6.61 Å². The van der Waals surface area contributed by atoms with Crippen molar-refractivity contribution in [3.8, 4) is 16.2 Å². The molecule has 1 amide bonds. The van der Waals surface area contributed by atoms with Gasteiger partial charge >= 0.3 is 6.09 Å². The molecule has 7 heteroatoms. The number of hydrogen-bond donors (Lipinski definition) is 2. The van der Waals surface area contributed by atoms with Crippen LogP contribution in [-0.4, -0.2) is 21.2 Å². The highest BCUT2D eigenvalue weighted by Crippen LogP contribution is 2.31. The minimum absolute atomic E-state index is 0.345. The number of nitrogens with one attached hydrogen (secondary N) is 1. The Morgan fingerprint density at radius 1 is 1.22 bits per heavy atom. The smallest absolute Gasteiger partial charge is 0.410 e. The molecule has 0 aliphatic rings. The highest BCUT2D eigenvalue weighted by molar-refractivity contribution is 7.19. The number of thiazole rings is 1. The maximum absolute atomic E-state index is 10.7. The van der Waals surface area contributed by atoms with E-state index in [0.717, 1.165) is 21.8 Å². The Morgan fingerprint density at radius 2 is 2.00 bits per heavy atom. The molecule has 0 fully saturated rings. The first-order valence-corrected chi connectivity index (χ1v) is 7.61. The van der Waals surface area contributed by atoms with E-state index >= 15 is 0 Å².